The molecule has 0 aromatic heterocycles. The number of nitrogens with zero attached hydrogens (tertiary/aromatic N) is 1. The van der Waals surface area contributed by atoms with Crippen LogP contribution in [0.3, 0.4) is 0 Å². The molecule has 0 spiro atoms. The Morgan fingerprint density at radius 3 is 2.60 bits per heavy atom. The first-order valence-corrected chi connectivity index (χ1v) is 9.20. The maximum atomic E-state index is 13.0. The predicted octanol–water partition coefficient (Wildman–Crippen LogP) is 2.54. The van der Waals surface area contributed by atoms with E-state index in [-0.39, 0.29) is 17.6 Å². The van der Waals surface area contributed by atoms with Crippen molar-refractivity contribution < 1.29 is 14.0 Å². The molecule has 1 aromatic carbocycles. The highest BCUT2D eigenvalue weighted by Crippen LogP contribution is 2.27. The van der Waals surface area contributed by atoms with Crippen molar-refractivity contribution in [2.75, 3.05) is 25.0 Å². The third-order valence-electron chi connectivity index (χ3n) is 5.17. The molecule has 2 N–H and O–H groups in total. The van der Waals surface area contributed by atoms with Gasteiger partial charge in [0.15, 0.2) is 0 Å². The molecule has 1 aliphatic heterocycles. The molecule has 2 amide bonds. The van der Waals surface area contributed by atoms with Crippen molar-refractivity contribution in [3.05, 3.63) is 30.1 Å². The number of benzene rings is 1. The van der Waals surface area contributed by atoms with Crippen molar-refractivity contribution in [3.63, 3.8) is 0 Å². The minimum absolute atomic E-state index is 0.0765. The first-order valence-electron chi connectivity index (χ1n) is 9.20. The molecule has 3 rings (SSSR count). The Hall–Kier alpha value is -1.95. The maximum Gasteiger partial charge on any atom is 0.248 e. The summed E-state index contributed by atoms with van der Waals surface area (Å²) < 4.78 is 13.0. The van der Waals surface area contributed by atoms with E-state index in [2.05, 4.69) is 10.6 Å². The van der Waals surface area contributed by atoms with Crippen molar-refractivity contribution in [3.8, 4) is 0 Å². The second kappa shape index (κ2) is 8.43. The first-order chi connectivity index (χ1) is 12.1. The van der Waals surface area contributed by atoms with Gasteiger partial charge in [-0.3, -0.25) is 9.59 Å². The van der Waals surface area contributed by atoms with Crippen molar-refractivity contribution >= 4 is 17.5 Å². The van der Waals surface area contributed by atoms with Crippen LogP contribution in [-0.2, 0) is 9.59 Å². The van der Waals surface area contributed by atoms with Gasteiger partial charge in [0, 0.05) is 31.7 Å². The third-order valence-corrected chi connectivity index (χ3v) is 5.17. The van der Waals surface area contributed by atoms with E-state index in [9.17, 15) is 14.0 Å². The molecule has 0 radical (unpaired) electrons. The van der Waals surface area contributed by atoms with Gasteiger partial charge >= 0.3 is 0 Å². The number of anilines is 1. The fourth-order valence-corrected chi connectivity index (χ4v) is 3.75. The lowest BCUT2D eigenvalue weighted by Gasteiger charge is -2.36. The number of halogens is 1. The molecule has 136 valence electrons. The van der Waals surface area contributed by atoms with E-state index in [4.69, 9.17) is 0 Å². The number of carbonyl (C=O) groups excluding carboxylic acids is 2. The molecule has 1 atom stereocenters. The largest absolute Gasteiger partial charge is 0.328 e. The average molecular weight is 347 g/mol. The lowest BCUT2D eigenvalue weighted by Crippen LogP contribution is -2.58. The molecule has 0 unspecified atom stereocenters. The Bertz CT molecular complexity index is 599. The van der Waals surface area contributed by atoms with Gasteiger partial charge in [0.1, 0.15) is 11.9 Å². The van der Waals surface area contributed by atoms with Gasteiger partial charge in [-0.2, -0.15) is 0 Å². The lowest BCUT2D eigenvalue weighted by molar-refractivity contribution is -0.140. The molecule has 5 nitrogen and oxygen atoms in total. The zero-order valence-corrected chi connectivity index (χ0v) is 14.5. The minimum Gasteiger partial charge on any atom is -0.328 e. The topological polar surface area (TPSA) is 61.4 Å². The van der Waals surface area contributed by atoms with Crippen LogP contribution in [0.4, 0.5) is 10.1 Å². The number of hydrogen-bond acceptors (Lipinski definition) is 3. The molecule has 1 saturated carbocycles. The fraction of sp³-hybridized carbons (Fsp3) is 0.579. The van der Waals surface area contributed by atoms with E-state index in [1.807, 2.05) is 0 Å². The Balaban J connectivity index is 1.61. The molecule has 2 aliphatic rings. The van der Waals surface area contributed by atoms with Gasteiger partial charge < -0.3 is 15.5 Å². The Morgan fingerprint density at radius 1 is 1.16 bits per heavy atom. The van der Waals surface area contributed by atoms with Crippen LogP contribution in [0.5, 0.6) is 0 Å². The summed E-state index contributed by atoms with van der Waals surface area (Å²) in [5, 5.41) is 5.97. The van der Waals surface area contributed by atoms with Crippen LogP contribution in [0.1, 0.15) is 38.5 Å². The van der Waals surface area contributed by atoms with Crippen LogP contribution in [-0.4, -0.2) is 42.4 Å². The lowest BCUT2D eigenvalue weighted by atomic mass is 9.86. The van der Waals surface area contributed by atoms with Gasteiger partial charge in [-0.15, -0.1) is 0 Å². The van der Waals surface area contributed by atoms with Gasteiger partial charge in [-0.1, -0.05) is 19.3 Å². The smallest absolute Gasteiger partial charge is 0.248 e. The van der Waals surface area contributed by atoms with Gasteiger partial charge in [0.25, 0.3) is 0 Å². The number of hydrogen-bond donors (Lipinski definition) is 2. The zero-order chi connectivity index (χ0) is 17.6. The molecule has 1 aliphatic carbocycles. The highest BCUT2D eigenvalue weighted by atomic mass is 19.1. The van der Waals surface area contributed by atoms with Gasteiger partial charge in [-0.25, -0.2) is 4.39 Å². The highest BCUT2D eigenvalue weighted by Gasteiger charge is 2.33. The Kier molecular flexibility index (Phi) is 6.02. The number of amides is 2. The van der Waals surface area contributed by atoms with Crippen LogP contribution in [0.15, 0.2) is 24.3 Å². The second-order valence-electron chi connectivity index (χ2n) is 7.01. The van der Waals surface area contributed by atoms with Gasteiger partial charge in [-0.05, 0) is 43.0 Å². The quantitative estimate of drug-likeness (QED) is 0.880. The highest BCUT2D eigenvalue weighted by molar-refractivity contribution is 5.97. The summed E-state index contributed by atoms with van der Waals surface area (Å²) in [7, 11) is 0. The van der Waals surface area contributed by atoms with Gasteiger partial charge in [0.2, 0.25) is 11.8 Å². The van der Waals surface area contributed by atoms with E-state index >= 15 is 0 Å². The van der Waals surface area contributed by atoms with Crippen LogP contribution in [0.25, 0.3) is 0 Å². The standard InChI is InChI=1S/C19H26FN3O2/c20-15-6-8-16(9-7-15)22-19(25)17-13-21-10-11-23(17)18(24)12-14-4-2-1-3-5-14/h6-9,14,17,21H,1-5,10-13H2,(H,22,25)/t17-/m1/s1. The maximum absolute atomic E-state index is 13.0. The van der Waals surface area contributed by atoms with E-state index in [0.29, 0.717) is 37.7 Å². The molecular formula is C19H26FN3O2. The number of piperazine rings is 1. The summed E-state index contributed by atoms with van der Waals surface area (Å²) in [4.78, 5) is 27.1. The third kappa shape index (κ3) is 4.78. The average Bonchev–Trinajstić information content (AvgIpc) is 2.64. The molecule has 2 fully saturated rings. The molecule has 1 aromatic rings. The van der Waals surface area contributed by atoms with E-state index < -0.39 is 6.04 Å². The Morgan fingerprint density at radius 2 is 1.88 bits per heavy atom. The number of rotatable bonds is 4. The summed E-state index contributed by atoms with van der Waals surface area (Å²) in [6.07, 6.45) is 6.44. The minimum atomic E-state index is -0.519. The first kappa shape index (κ1) is 17.9. The van der Waals surface area contributed by atoms with E-state index in [1.54, 1.807) is 4.90 Å². The summed E-state index contributed by atoms with van der Waals surface area (Å²) in [5.74, 6) is -0.0398. The number of carbonyl (C=O) groups is 2. The zero-order valence-electron chi connectivity index (χ0n) is 14.5. The normalized spacial score (nSPS) is 21.8. The fourth-order valence-electron chi connectivity index (χ4n) is 3.75. The van der Waals surface area contributed by atoms with E-state index in [1.165, 1.54) is 43.5 Å². The molecule has 6 heteroatoms. The molecule has 25 heavy (non-hydrogen) atoms. The molecule has 0 bridgehead atoms. The second-order valence-corrected chi connectivity index (χ2v) is 7.01. The Labute approximate surface area is 148 Å². The summed E-state index contributed by atoms with van der Waals surface area (Å²) in [5.41, 5.74) is 0.539. The number of nitrogens with one attached hydrogen (secondary N) is 2. The van der Waals surface area contributed by atoms with E-state index in [0.717, 1.165) is 12.8 Å². The van der Waals surface area contributed by atoms with Crippen LogP contribution < -0.4 is 10.6 Å². The summed E-state index contributed by atoms with van der Waals surface area (Å²) >= 11 is 0. The van der Waals surface area contributed by atoms with Crippen molar-refractivity contribution in [2.45, 2.75) is 44.6 Å². The molecular weight excluding hydrogens is 321 g/mol. The van der Waals surface area contributed by atoms with Gasteiger partial charge in [0.05, 0.1) is 0 Å². The summed E-state index contributed by atoms with van der Waals surface area (Å²) in [6.45, 7) is 1.70. The van der Waals surface area contributed by atoms with Crippen LogP contribution in [0.2, 0.25) is 0 Å². The van der Waals surface area contributed by atoms with Crippen molar-refractivity contribution in [2.24, 2.45) is 5.92 Å². The van der Waals surface area contributed by atoms with Crippen LogP contribution in [0, 0.1) is 11.7 Å². The van der Waals surface area contributed by atoms with Crippen molar-refractivity contribution in [1.29, 1.82) is 0 Å². The monoisotopic (exact) mass is 347 g/mol. The van der Waals surface area contributed by atoms with Crippen LogP contribution >= 0.6 is 0 Å². The SMILES string of the molecule is O=C(Nc1ccc(F)cc1)[C@H]1CNCCN1C(=O)CC1CCCCC1. The predicted molar refractivity (Wildman–Crippen MR) is 94.6 cm³/mol. The van der Waals surface area contributed by atoms with Crippen molar-refractivity contribution in [1.82, 2.24) is 10.2 Å². The summed E-state index contributed by atoms with van der Waals surface area (Å²) in [6, 6.07) is 5.14. The molecule has 1 saturated heterocycles. The molecule has 1 heterocycles.